The monoisotopic (exact) mass is 302 g/mol. The molecule has 5 heteroatoms. The Morgan fingerprint density at radius 3 is 2.57 bits per heavy atom. The Hall–Kier alpha value is -2.01. The molecule has 0 unspecified atom stereocenters. The molecule has 2 aromatic rings. The van der Waals surface area contributed by atoms with Crippen molar-refractivity contribution >= 4 is 21.4 Å². The van der Waals surface area contributed by atoms with Gasteiger partial charge in [0, 0.05) is 17.4 Å². The van der Waals surface area contributed by atoms with Crippen molar-refractivity contribution in [3.8, 4) is 0 Å². The predicted octanol–water partition coefficient (Wildman–Crippen LogP) is 3.15. The molecule has 0 aliphatic carbocycles. The van der Waals surface area contributed by atoms with Crippen LogP contribution in [0, 0.1) is 6.92 Å². The molecule has 2 N–H and O–H groups in total. The second-order valence-corrected chi connectivity index (χ2v) is 7.22. The molecule has 0 saturated heterocycles. The van der Waals surface area contributed by atoms with E-state index in [2.05, 4.69) is 17.0 Å². The fraction of sp³-hybridized carbons (Fsp3) is 0.250. The Kier molecular flexibility index (Phi) is 3.37. The van der Waals surface area contributed by atoms with E-state index in [4.69, 9.17) is 0 Å². The molecule has 0 aromatic heterocycles. The van der Waals surface area contributed by atoms with Gasteiger partial charge >= 0.3 is 0 Å². The zero-order valence-corrected chi connectivity index (χ0v) is 12.9. The summed E-state index contributed by atoms with van der Waals surface area (Å²) in [4.78, 5) is 0.303. The van der Waals surface area contributed by atoms with Gasteiger partial charge in [0.25, 0.3) is 10.0 Å². The highest BCUT2D eigenvalue weighted by Gasteiger charge is 2.21. The van der Waals surface area contributed by atoms with E-state index < -0.39 is 10.0 Å². The first-order valence-electron chi connectivity index (χ1n) is 6.93. The topological polar surface area (TPSA) is 58.2 Å². The van der Waals surface area contributed by atoms with Crippen molar-refractivity contribution in [1.82, 2.24) is 0 Å². The maximum Gasteiger partial charge on any atom is 0.261 e. The Balaban J connectivity index is 1.89. The van der Waals surface area contributed by atoms with Crippen molar-refractivity contribution in [2.24, 2.45) is 0 Å². The first-order chi connectivity index (χ1) is 9.94. The number of nitrogens with one attached hydrogen (secondary N) is 2. The predicted molar refractivity (Wildman–Crippen MR) is 85.2 cm³/mol. The number of anilines is 2. The first kappa shape index (κ1) is 13.9. The van der Waals surface area contributed by atoms with Gasteiger partial charge in [0.2, 0.25) is 0 Å². The third-order valence-electron chi connectivity index (χ3n) is 3.62. The van der Waals surface area contributed by atoms with Crippen LogP contribution in [0.25, 0.3) is 0 Å². The number of sulfonamides is 1. The van der Waals surface area contributed by atoms with E-state index in [1.807, 2.05) is 25.1 Å². The third-order valence-corrected chi connectivity index (χ3v) is 5.00. The van der Waals surface area contributed by atoms with Gasteiger partial charge in [-0.3, -0.25) is 4.72 Å². The fourth-order valence-corrected chi connectivity index (χ4v) is 3.64. The number of rotatable bonds is 3. The smallest absolute Gasteiger partial charge is 0.261 e. The Bertz CT molecular complexity index is 767. The molecular formula is C16H18N2O2S. The molecule has 0 fully saturated rings. The average molecular weight is 302 g/mol. The summed E-state index contributed by atoms with van der Waals surface area (Å²) in [5.41, 5.74) is 3.74. The number of benzene rings is 2. The molecule has 0 amide bonds. The van der Waals surface area contributed by atoms with E-state index in [1.165, 1.54) is 0 Å². The minimum absolute atomic E-state index is 0.303. The van der Waals surface area contributed by atoms with Crippen molar-refractivity contribution < 1.29 is 8.42 Å². The van der Waals surface area contributed by atoms with Crippen LogP contribution in [0.3, 0.4) is 0 Å². The van der Waals surface area contributed by atoms with Crippen LogP contribution < -0.4 is 10.0 Å². The van der Waals surface area contributed by atoms with Gasteiger partial charge in [-0.15, -0.1) is 0 Å². The van der Waals surface area contributed by atoms with E-state index in [0.29, 0.717) is 16.6 Å². The molecule has 1 aliphatic rings. The van der Waals surface area contributed by atoms with Gasteiger partial charge in [-0.2, -0.15) is 0 Å². The zero-order chi connectivity index (χ0) is 15.0. The molecule has 1 atom stereocenters. The maximum absolute atomic E-state index is 12.4. The Morgan fingerprint density at radius 1 is 1.14 bits per heavy atom. The minimum Gasteiger partial charge on any atom is -0.382 e. The molecule has 3 rings (SSSR count). The average Bonchev–Trinajstić information content (AvgIpc) is 2.80. The fourth-order valence-electron chi connectivity index (χ4n) is 2.53. The molecule has 1 heterocycles. The van der Waals surface area contributed by atoms with Crippen LogP contribution in [-0.4, -0.2) is 14.5 Å². The molecular weight excluding hydrogens is 284 g/mol. The van der Waals surface area contributed by atoms with Gasteiger partial charge in [-0.25, -0.2) is 8.42 Å². The second kappa shape index (κ2) is 5.07. The number of hydrogen-bond donors (Lipinski definition) is 2. The molecule has 4 nitrogen and oxygen atoms in total. The van der Waals surface area contributed by atoms with E-state index >= 15 is 0 Å². The third kappa shape index (κ3) is 2.88. The summed E-state index contributed by atoms with van der Waals surface area (Å²) in [6, 6.07) is 12.9. The number of aryl methyl sites for hydroxylation is 1. The maximum atomic E-state index is 12.4. The van der Waals surface area contributed by atoms with Gasteiger partial charge in [0.1, 0.15) is 0 Å². The van der Waals surface area contributed by atoms with Gasteiger partial charge in [-0.1, -0.05) is 17.7 Å². The SMILES string of the molecule is Cc1ccc(NS(=O)(=O)c2ccc3c(c2)C[C@@H](C)N3)cc1. The van der Waals surface area contributed by atoms with Crippen molar-refractivity contribution in [1.29, 1.82) is 0 Å². The summed E-state index contributed by atoms with van der Waals surface area (Å²) in [5.74, 6) is 0. The zero-order valence-electron chi connectivity index (χ0n) is 12.1. The van der Waals surface area contributed by atoms with Crippen LogP contribution in [-0.2, 0) is 16.4 Å². The molecule has 1 aliphatic heterocycles. The summed E-state index contributed by atoms with van der Waals surface area (Å²) < 4.78 is 27.5. The second-order valence-electron chi connectivity index (χ2n) is 5.54. The Morgan fingerprint density at radius 2 is 1.86 bits per heavy atom. The van der Waals surface area contributed by atoms with E-state index in [-0.39, 0.29) is 0 Å². The van der Waals surface area contributed by atoms with E-state index in [9.17, 15) is 8.42 Å². The lowest BCUT2D eigenvalue weighted by Gasteiger charge is -2.09. The standard InChI is InChI=1S/C16H18N2O2S/c1-11-3-5-14(6-4-11)18-21(19,20)15-7-8-16-13(10-15)9-12(2)17-16/h3-8,10,12,17-18H,9H2,1-2H3/t12-/m1/s1. The number of hydrogen-bond acceptors (Lipinski definition) is 3. The molecule has 0 saturated carbocycles. The van der Waals surface area contributed by atoms with Crippen LogP contribution in [0.15, 0.2) is 47.4 Å². The van der Waals surface area contributed by atoms with Crippen LogP contribution in [0.4, 0.5) is 11.4 Å². The van der Waals surface area contributed by atoms with Crippen LogP contribution in [0.5, 0.6) is 0 Å². The molecule has 0 radical (unpaired) electrons. The lowest BCUT2D eigenvalue weighted by Crippen LogP contribution is -2.13. The summed E-state index contributed by atoms with van der Waals surface area (Å²) in [6.07, 6.45) is 0.850. The summed E-state index contributed by atoms with van der Waals surface area (Å²) in [5, 5.41) is 3.32. The minimum atomic E-state index is -3.54. The molecule has 0 spiro atoms. The highest BCUT2D eigenvalue weighted by molar-refractivity contribution is 7.92. The molecule has 2 aromatic carbocycles. The summed E-state index contributed by atoms with van der Waals surface area (Å²) >= 11 is 0. The lowest BCUT2D eigenvalue weighted by molar-refractivity contribution is 0.601. The molecule has 0 bridgehead atoms. The lowest BCUT2D eigenvalue weighted by atomic mass is 10.1. The van der Waals surface area contributed by atoms with Crippen LogP contribution >= 0.6 is 0 Å². The van der Waals surface area contributed by atoms with Crippen molar-refractivity contribution in [3.63, 3.8) is 0 Å². The Labute approximate surface area is 125 Å². The normalized spacial score (nSPS) is 17.1. The summed E-state index contributed by atoms with van der Waals surface area (Å²) in [6.45, 7) is 4.05. The van der Waals surface area contributed by atoms with Crippen molar-refractivity contribution in [2.75, 3.05) is 10.0 Å². The van der Waals surface area contributed by atoms with Crippen molar-refractivity contribution in [3.05, 3.63) is 53.6 Å². The molecule has 110 valence electrons. The van der Waals surface area contributed by atoms with Gasteiger partial charge < -0.3 is 5.32 Å². The van der Waals surface area contributed by atoms with Gasteiger partial charge in [0.15, 0.2) is 0 Å². The van der Waals surface area contributed by atoms with Gasteiger partial charge in [0.05, 0.1) is 4.90 Å². The molecule has 21 heavy (non-hydrogen) atoms. The van der Waals surface area contributed by atoms with E-state index in [0.717, 1.165) is 23.2 Å². The first-order valence-corrected chi connectivity index (χ1v) is 8.41. The highest BCUT2D eigenvalue weighted by Crippen LogP contribution is 2.28. The van der Waals surface area contributed by atoms with E-state index in [1.54, 1.807) is 24.3 Å². The van der Waals surface area contributed by atoms with Crippen LogP contribution in [0.2, 0.25) is 0 Å². The van der Waals surface area contributed by atoms with Gasteiger partial charge in [-0.05, 0) is 56.2 Å². The van der Waals surface area contributed by atoms with Crippen molar-refractivity contribution in [2.45, 2.75) is 31.2 Å². The summed E-state index contributed by atoms with van der Waals surface area (Å²) in [7, 11) is -3.54. The largest absolute Gasteiger partial charge is 0.382 e. The number of fused-ring (bicyclic) bond motifs is 1. The highest BCUT2D eigenvalue weighted by atomic mass is 32.2. The quantitative estimate of drug-likeness (QED) is 0.915. The van der Waals surface area contributed by atoms with Crippen LogP contribution in [0.1, 0.15) is 18.1 Å².